The maximum atomic E-state index is 5.89. The molecule has 4 nitrogen and oxygen atoms in total. The summed E-state index contributed by atoms with van der Waals surface area (Å²) in [5, 5.41) is 6.09. The van der Waals surface area contributed by atoms with Crippen LogP contribution in [0.3, 0.4) is 0 Å². The summed E-state index contributed by atoms with van der Waals surface area (Å²) in [5.74, 6) is 1.64. The maximum absolute atomic E-state index is 5.89. The summed E-state index contributed by atoms with van der Waals surface area (Å²) in [6.07, 6.45) is 3.55. The lowest BCUT2D eigenvalue weighted by Gasteiger charge is -2.40. The molecular formula is C16H14BrClN4. The van der Waals surface area contributed by atoms with Gasteiger partial charge in [-0.2, -0.15) is 5.10 Å². The standard InChI is InChI=1S/C16H14BrClN4/c17-13-3-1-12-2-4-16(20-15(12)5-13)21-7-11(8-21)9-22-10-14(18)6-19-22/h1-6,10-11H,7-9H2. The van der Waals surface area contributed by atoms with Gasteiger partial charge in [-0.25, -0.2) is 4.98 Å². The highest BCUT2D eigenvalue weighted by atomic mass is 79.9. The fourth-order valence-electron chi connectivity index (χ4n) is 2.83. The Morgan fingerprint density at radius 2 is 2.05 bits per heavy atom. The van der Waals surface area contributed by atoms with Gasteiger partial charge >= 0.3 is 0 Å². The molecule has 1 fully saturated rings. The van der Waals surface area contributed by atoms with Crippen molar-refractivity contribution in [1.29, 1.82) is 0 Å². The second-order valence-corrected chi connectivity index (χ2v) is 7.01. The molecule has 0 radical (unpaired) electrons. The predicted octanol–water partition coefficient (Wildman–Crippen LogP) is 3.98. The van der Waals surface area contributed by atoms with Crippen LogP contribution >= 0.6 is 27.5 Å². The second-order valence-electron chi connectivity index (χ2n) is 5.66. The lowest BCUT2D eigenvalue weighted by molar-refractivity contribution is 0.340. The van der Waals surface area contributed by atoms with Crippen molar-refractivity contribution in [3.05, 3.63) is 52.2 Å². The molecule has 0 aliphatic carbocycles. The third kappa shape index (κ3) is 2.71. The van der Waals surface area contributed by atoms with Crippen LogP contribution in [0.4, 0.5) is 5.82 Å². The van der Waals surface area contributed by atoms with Crippen LogP contribution in [0.25, 0.3) is 10.9 Å². The van der Waals surface area contributed by atoms with E-state index in [0.717, 1.165) is 40.8 Å². The molecule has 1 aliphatic heterocycles. The zero-order valence-electron chi connectivity index (χ0n) is 11.8. The van der Waals surface area contributed by atoms with Crippen molar-refractivity contribution in [3.63, 3.8) is 0 Å². The van der Waals surface area contributed by atoms with Crippen molar-refractivity contribution >= 4 is 44.3 Å². The molecule has 1 saturated heterocycles. The molecule has 1 aliphatic rings. The molecular weight excluding hydrogens is 364 g/mol. The highest BCUT2D eigenvalue weighted by molar-refractivity contribution is 9.10. The van der Waals surface area contributed by atoms with Crippen LogP contribution in [0.2, 0.25) is 5.02 Å². The van der Waals surface area contributed by atoms with Gasteiger partial charge in [-0.1, -0.05) is 33.6 Å². The number of anilines is 1. The average Bonchev–Trinajstić information content (AvgIpc) is 2.87. The summed E-state index contributed by atoms with van der Waals surface area (Å²) in [7, 11) is 0. The first-order valence-corrected chi connectivity index (χ1v) is 8.34. The van der Waals surface area contributed by atoms with Crippen LogP contribution in [0.15, 0.2) is 47.2 Å². The van der Waals surface area contributed by atoms with Gasteiger partial charge in [0.2, 0.25) is 0 Å². The van der Waals surface area contributed by atoms with Crippen LogP contribution in [0.5, 0.6) is 0 Å². The van der Waals surface area contributed by atoms with E-state index >= 15 is 0 Å². The molecule has 0 unspecified atom stereocenters. The number of rotatable bonds is 3. The zero-order valence-corrected chi connectivity index (χ0v) is 14.1. The lowest BCUT2D eigenvalue weighted by Crippen LogP contribution is -2.49. The molecule has 0 amide bonds. The van der Waals surface area contributed by atoms with Gasteiger partial charge in [-0.3, -0.25) is 4.68 Å². The molecule has 4 rings (SSSR count). The fraction of sp³-hybridized carbons (Fsp3) is 0.250. The lowest BCUT2D eigenvalue weighted by atomic mass is 10.0. The van der Waals surface area contributed by atoms with E-state index in [2.05, 4.69) is 50.2 Å². The van der Waals surface area contributed by atoms with Crippen molar-refractivity contribution in [1.82, 2.24) is 14.8 Å². The van der Waals surface area contributed by atoms with Crippen molar-refractivity contribution in [2.24, 2.45) is 5.92 Å². The Morgan fingerprint density at radius 3 is 2.82 bits per heavy atom. The monoisotopic (exact) mass is 376 g/mol. The van der Waals surface area contributed by atoms with Crippen LogP contribution in [0.1, 0.15) is 0 Å². The van der Waals surface area contributed by atoms with E-state index in [0.29, 0.717) is 10.9 Å². The number of halogens is 2. The van der Waals surface area contributed by atoms with E-state index in [1.807, 2.05) is 16.9 Å². The largest absolute Gasteiger partial charge is 0.356 e. The Bertz CT molecular complexity index is 826. The van der Waals surface area contributed by atoms with Crippen molar-refractivity contribution in [2.45, 2.75) is 6.54 Å². The number of benzene rings is 1. The number of hydrogen-bond acceptors (Lipinski definition) is 3. The van der Waals surface area contributed by atoms with E-state index < -0.39 is 0 Å². The van der Waals surface area contributed by atoms with Crippen LogP contribution in [-0.2, 0) is 6.54 Å². The highest BCUT2D eigenvalue weighted by Gasteiger charge is 2.28. The van der Waals surface area contributed by atoms with Crippen LogP contribution in [0, 0.1) is 5.92 Å². The minimum absolute atomic E-state index is 0.593. The van der Waals surface area contributed by atoms with E-state index in [-0.39, 0.29) is 0 Å². The van der Waals surface area contributed by atoms with Gasteiger partial charge in [0.25, 0.3) is 0 Å². The summed E-state index contributed by atoms with van der Waals surface area (Å²) in [6, 6.07) is 10.4. The van der Waals surface area contributed by atoms with Gasteiger partial charge in [-0.05, 0) is 24.3 Å². The van der Waals surface area contributed by atoms with Gasteiger partial charge in [0.15, 0.2) is 0 Å². The Kier molecular flexibility index (Phi) is 3.54. The number of fused-ring (bicyclic) bond motifs is 1. The summed E-state index contributed by atoms with van der Waals surface area (Å²) < 4.78 is 2.97. The smallest absolute Gasteiger partial charge is 0.129 e. The number of pyridine rings is 1. The first kappa shape index (κ1) is 14.0. The molecule has 0 atom stereocenters. The molecule has 6 heteroatoms. The number of aromatic nitrogens is 3. The quantitative estimate of drug-likeness (QED) is 0.692. The SMILES string of the molecule is Clc1cnn(CC2CN(c3ccc4ccc(Br)cc4n3)C2)c1. The minimum atomic E-state index is 0.593. The van der Waals surface area contributed by atoms with Crippen LogP contribution in [-0.4, -0.2) is 27.9 Å². The summed E-state index contributed by atoms with van der Waals surface area (Å²) in [5.41, 5.74) is 1.02. The summed E-state index contributed by atoms with van der Waals surface area (Å²) in [4.78, 5) is 7.06. The topological polar surface area (TPSA) is 34.0 Å². The molecule has 0 saturated carbocycles. The Balaban J connectivity index is 1.46. The van der Waals surface area contributed by atoms with Crippen molar-refractivity contribution in [2.75, 3.05) is 18.0 Å². The first-order chi connectivity index (χ1) is 10.7. The molecule has 22 heavy (non-hydrogen) atoms. The maximum Gasteiger partial charge on any atom is 0.129 e. The van der Waals surface area contributed by atoms with Gasteiger partial charge in [0.05, 0.1) is 16.7 Å². The number of nitrogens with zero attached hydrogens (tertiary/aromatic N) is 4. The third-order valence-corrected chi connectivity index (χ3v) is 4.66. The molecule has 0 N–H and O–H groups in total. The van der Waals surface area contributed by atoms with Crippen molar-refractivity contribution < 1.29 is 0 Å². The third-order valence-electron chi connectivity index (χ3n) is 3.97. The van der Waals surface area contributed by atoms with Crippen molar-refractivity contribution in [3.8, 4) is 0 Å². The van der Waals surface area contributed by atoms with Gasteiger partial charge < -0.3 is 4.90 Å². The molecule has 0 spiro atoms. The predicted molar refractivity (Wildman–Crippen MR) is 92.4 cm³/mol. The fourth-order valence-corrected chi connectivity index (χ4v) is 3.34. The summed E-state index contributed by atoms with van der Waals surface area (Å²) >= 11 is 9.39. The molecule has 1 aromatic carbocycles. The molecule has 3 heterocycles. The Labute approximate surface area is 141 Å². The van der Waals surface area contributed by atoms with Crippen LogP contribution < -0.4 is 4.90 Å². The van der Waals surface area contributed by atoms with Gasteiger partial charge in [0, 0.05) is 41.6 Å². The average molecular weight is 378 g/mol. The van der Waals surface area contributed by atoms with E-state index in [4.69, 9.17) is 16.6 Å². The minimum Gasteiger partial charge on any atom is -0.356 e. The first-order valence-electron chi connectivity index (χ1n) is 7.16. The second kappa shape index (κ2) is 5.56. The molecule has 0 bridgehead atoms. The molecule has 112 valence electrons. The highest BCUT2D eigenvalue weighted by Crippen LogP contribution is 2.27. The Morgan fingerprint density at radius 1 is 1.23 bits per heavy atom. The normalized spacial score (nSPS) is 15.3. The summed E-state index contributed by atoms with van der Waals surface area (Å²) in [6.45, 7) is 2.91. The zero-order chi connectivity index (χ0) is 15.1. The van der Waals surface area contributed by atoms with E-state index in [9.17, 15) is 0 Å². The number of hydrogen-bond donors (Lipinski definition) is 0. The van der Waals surface area contributed by atoms with Gasteiger partial charge in [-0.15, -0.1) is 0 Å². The van der Waals surface area contributed by atoms with Gasteiger partial charge in [0.1, 0.15) is 5.82 Å². The molecule has 3 aromatic rings. The van der Waals surface area contributed by atoms with E-state index in [1.54, 1.807) is 6.20 Å². The Hall–Kier alpha value is -1.59. The molecule has 2 aromatic heterocycles. The van der Waals surface area contributed by atoms with E-state index in [1.165, 1.54) is 0 Å².